The number of non-ortho nitro benzene ring substituents is 1. The lowest BCUT2D eigenvalue weighted by molar-refractivity contribution is -0.384. The van der Waals surface area contributed by atoms with E-state index in [2.05, 4.69) is 12.2 Å². The first-order valence-electron chi connectivity index (χ1n) is 5.75. The number of anilines is 1. The first kappa shape index (κ1) is 14.2. The molecule has 0 aromatic heterocycles. The quantitative estimate of drug-likeness (QED) is 0.478. The summed E-state index contributed by atoms with van der Waals surface area (Å²) in [6.45, 7) is 2.07. The molecule has 0 aliphatic carbocycles. The van der Waals surface area contributed by atoms with Crippen molar-refractivity contribution < 1.29 is 9.66 Å². The highest BCUT2D eigenvalue weighted by atomic mass is 16.6. The van der Waals surface area contributed by atoms with Gasteiger partial charge in [-0.05, 0) is 26.6 Å². The summed E-state index contributed by atoms with van der Waals surface area (Å²) in [6.07, 6.45) is 1.06. The van der Waals surface area contributed by atoms with Gasteiger partial charge in [0.2, 0.25) is 0 Å². The van der Waals surface area contributed by atoms with Crippen molar-refractivity contribution in [3.8, 4) is 5.75 Å². The highest BCUT2D eigenvalue weighted by molar-refractivity contribution is 5.61. The second-order valence-electron chi connectivity index (χ2n) is 4.17. The standard InChI is InChI=1S/C12H19N3O3/c1-5-12(14(2)3)13-10-7-6-9(15(16)17)8-11(10)18-4/h6-8,12-13H,5H2,1-4H3. The first-order chi connectivity index (χ1) is 8.49. The summed E-state index contributed by atoms with van der Waals surface area (Å²) in [6, 6.07) is 4.56. The average Bonchev–Trinajstić information content (AvgIpc) is 2.35. The Bertz CT molecular complexity index is 421. The number of rotatable bonds is 6. The minimum atomic E-state index is -0.435. The monoisotopic (exact) mass is 253 g/mol. The lowest BCUT2D eigenvalue weighted by atomic mass is 10.2. The molecule has 100 valence electrons. The van der Waals surface area contributed by atoms with E-state index in [1.54, 1.807) is 6.07 Å². The normalized spacial score (nSPS) is 12.3. The molecule has 0 amide bonds. The zero-order chi connectivity index (χ0) is 13.7. The predicted octanol–water partition coefficient (Wildman–Crippen LogP) is 2.31. The van der Waals surface area contributed by atoms with Gasteiger partial charge in [-0.1, -0.05) is 6.92 Å². The third-order valence-corrected chi connectivity index (χ3v) is 2.73. The second-order valence-corrected chi connectivity index (χ2v) is 4.17. The van der Waals surface area contributed by atoms with E-state index in [4.69, 9.17) is 4.74 Å². The zero-order valence-electron chi connectivity index (χ0n) is 11.1. The van der Waals surface area contributed by atoms with E-state index in [0.29, 0.717) is 5.75 Å². The van der Waals surface area contributed by atoms with Gasteiger partial charge >= 0.3 is 0 Å². The number of methoxy groups -OCH3 is 1. The van der Waals surface area contributed by atoms with E-state index in [-0.39, 0.29) is 11.9 Å². The molecule has 1 rings (SSSR count). The van der Waals surface area contributed by atoms with Gasteiger partial charge in [0.1, 0.15) is 5.75 Å². The Balaban J connectivity index is 2.98. The maximum absolute atomic E-state index is 10.7. The summed E-state index contributed by atoms with van der Waals surface area (Å²) in [5.41, 5.74) is 0.777. The van der Waals surface area contributed by atoms with Crippen molar-refractivity contribution >= 4 is 11.4 Å². The summed E-state index contributed by atoms with van der Waals surface area (Å²) in [7, 11) is 5.44. The average molecular weight is 253 g/mol. The fourth-order valence-electron chi connectivity index (χ4n) is 1.69. The van der Waals surface area contributed by atoms with Crippen LogP contribution in [0.25, 0.3) is 0 Å². The Hall–Kier alpha value is -1.82. The molecule has 0 aliphatic heterocycles. The summed E-state index contributed by atoms with van der Waals surface area (Å²) < 4.78 is 5.18. The third kappa shape index (κ3) is 3.33. The summed E-state index contributed by atoms with van der Waals surface area (Å²) >= 11 is 0. The number of nitrogens with zero attached hydrogens (tertiary/aromatic N) is 2. The van der Waals surface area contributed by atoms with Crippen molar-refractivity contribution in [2.75, 3.05) is 26.5 Å². The van der Waals surface area contributed by atoms with E-state index in [9.17, 15) is 10.1 Å². The van der Waals surface area contributed by atoms with E-state index >= 15 is 0 Å². The van der Waals surface area contributed by atoms with Crippen LogP contribution >= 0.6 is 0 Å². The zero-order valence-corrected chi connectivity index (χ0v) is 11.1. The number of hydrogen-bond donors (Lipinski definition) is 1. The second kappa shape index (κ2) is 6.20. The van der Waals surface area contributed by atoms with E-state index in [0.717, 1.165) is 12.1 Å². The minimum absolute atomic E-state index is 0.0234. The lowest BCUT2D eigenvalue weighted by Gasteiger charge is -2.25. The molecule has 0 spiro atoms. The van der Waals surface area contributed by atoms with Gasteiger partial charge in [0.15, 0.2) is 0 Å². The molecule has 6 heteroatoms. The highest BCUT2D eigenvalue weighted by Gasteiger charge is 2.14. The van der Waals surface area contributed by atoms with Gasteiger partial charge in [-0.3, -0.25) is 15.0 Å². The third-order valence-electron chi connectivity index (χ3n) is 2.73. The fourth-order valence-corrected chi connectivity index (χ4v) is 1.69. The summed E-state index contributed by atoms with van der Waals surface area (Å²) in [4.78, 5) is 12.3. The number of hydrogen-bond acceptors (Lipinski definition) is 5. The molecule has 1 aromatic carbocycles. The van der Waals surface area contributed by atoms with Crippen molar-refractivity contribution in [1.29, 1.82) is 0 Å². The van der Waals surface area contributed by atoms with Crippen LogP contribution in [0, 0.1) is 10.1 Å². The molecular weight excluding hydrogens is 234 g/mol. The fraction of sp³-hybridized carbons (Fsp3) is 0.500. The number of nitrogens with one attached hydrogen (secondary N) is 1. The van der Waals surface area contributed by atoms with Crippen LogP contribution in [0.2, 0.25) is 0 Å². The van der Waals surface area contributed by atoms with Crippen molar-refractivity contribution in [1.82, 2.24) is 4.90 Å². The van der Waals surface area contributed by atoms with E-state index in [1.807, 2.05) is 19.0 Å². The molecule has 1 N–H and O–H groups in total. The van der Waals surface area contributed by atoms with Crippen molar-refractivity contribution in [2.24, 2.45) is 0 Å². The molecule has 0 saturated heterocycles. The molecule has 1 aromatic rings. The molecule has 0 heterocycles. The van der Waals surface area contributed by atoms with E-state index in [1.165, 1.54) is 19.2 Å². The Labute approximate surface area is 107 Å². The van der Waals surface area contributed by atoms with Gasteiger partial charge in [0.25, 0.3) is 5.69 Å². The van der Waals surface area contributed by atoms with Gasteiger partial charge in [-0.25, -0.2) is 0 Å². The lowest BCUT2D eigenvalue weighted by Crippen LogP contribution is -2.34. The van der Waals surface area contributed by atoms with Gasteiger partial charge in [0.05, 0.1) is 30.0 Å². The Morgan fingerprint density at radius 2 is 2.17 bits per heavy atom. The van der Waals surface area contributed by atoms with Crippen LogP contribution in [-0.4, -0.2) is 37.2 Å². The molecular formula is C12H19N3O3. The first-order valence-corrected chi connectivity index (χ1v) is 5.75. The molecule has 0 bridgehead atoms. The molecule has 18 heavy (non-hydrogen) atoms. The minimum Gasteiger partial charge on any atom is -0.494 e. The molecule has 1 atom stereocenters. The van der Waals surface area contributed by atoms with Crippen molar-refractivity contribution in [3.05, 3.63) is 28.3 Å². The number of benzene rings is 1. The van der Waals surface area contributed by atoms with Crippen molar-refractivity contribution in [3.63, 3.8) is 0 Å². The molecule has 6 nitrogen and oxygen atoms in total. The van der Waals surface area contributed by atoms with E-state index < -0.39 is 4.92 Å². The van der Waals surface area contributed by atoms with Gasteiger partial charge in [-0.15, -0.1) is 0 Å². The van der Waals surface area contributed by atoms with Crippen LogP contribution in [0.3, 0.4) is 0 Å². The van der Waals surface area contributed by atoms with Crippen LogP contribution in [0.1, 0.15) is 13.3 Å². The largest absolute Gasteiger partial charge is 0.494 e. The number of nitro groups is 1. The maximum Gasteiger partial charge on any atom is 0.273 e. The molecule has 0 fully saturated rings. The van der Waals surface area contributed by atoms with Gasteiger partial charge in [0, 0.05) is 6.07 Å². The Kier molecular flexibility index (Phi) is 4.91. The van der Waals surface area contributed by atoms with Crippen LogP contribution in [0.15, 0.2) is 18.2 Å². The number of nitro benzene ring substituents is 1. The Morgan fingerprint density at radius 1 is 1.50 bits per heavy atom. The summed E-state index contributed by atoms with van der Waals surface area (Å²) in [5.74, 6) is 0.476. The number of ether oxygens (including phenoxy) is 1. The predicted molar refractivity (Wildman–Crippen MR) is 71.0 cm³/mol. The topological polar surface area (TPSA) is 67.6 Å². The maximum atomic E-state index is 10.7. The van der Waals surface area contributed by atoms with Gasteiger partial charge in [-0.2, -0.15) is 0 Å². The smallest absolute Gasteiger partial charge is 0.273 e. The van der Waals surface area contributed by atoms with Gasteiger partial charge < -0.3 is 10.1 Å². The molecule has 0 radical (unpaired) electrons. The highest BCUT2D eigenvalue weighted by Crippen LogP contribution is 2.29. The molecule has 0 saturated carbocycles. The van der Waals surface area contributed by atoms with Crippen LogP contribution in [-0.2, 0) is 0 Å². The van der Waals surface area contributed by atoms with Crippen LogP contribution in [0.5, 0.6) is 5.75 Å². The summed E-state index contributed by atoms with van der Waals surface area (Å²) in [5, 5.41) is 14.0. The van der Waals surface area contributed by atoms with Crippen LogP contribution < -0.4 is 10.1 Å². The van der Waals surface area contributed by atoms with Crippen LogP contribution in [0.4, 0.5) is 11.4 Å². The Morgan fingerprint density at radius 3 is 2.61 bits per heavy atom. The van der Waals surface area contributed by atoms with Crippen molar-refractivity contribution in [2.45, 2.75) is 19.5 Å². The molecule has 0 aliphatic rings. The molecule has 1 unspecified atom stereocenters. The SMILES string of the molecule is CCC(Nc1ccc([N+](=O)[O-])cc1OC)N(C)C.